The van der Waals surface area contributed by atoms with Crippen LogP contribution in [0.1, 0.15) is 45.4 Å². The van der Waals surface area contributed by atoms with Crippen molar-refractivity contribution in [2.24, 2.45) is 39.3 Å². The molecule has 4 fully saturated rings. The molecule has 2 atom stereocenters. The maximum absolute atomic E-state index is 6.06. The number of nitrogens with zero attached hydrogens (tertiary/aromatic N) is 1. The number of amidine groups is 1. The minimum Gasteiger partial charge on any atom is -0.385 e. The first-order valence-electron chi connectivity index (χ1n) is 6.09. The van der Waals surface area contributed by atoms with Gasteiger partial charge in [-0.1, -0.05) is 6.92 Å². The van der Waals surface area contributed by atoms with Crippen LogP contribution in [0.3, 0.4) is 0 Å². The summed E-state index contributed by atoms with van der Waals surface area (Å²) in [6.45, 7) is 2.43. The standard InChI is InChI=1S/C12H21N3/c1-11-3-8-2-9(4-11)6-12(5-8,7-11)10(13)15-14/h8-9H,2-7,14H2,1H3,(H2,13,15). The van der Waals surface area contributed by atoms with Crippen LogP contribution in [0.2, 0.25) is 0 Å². The van der Waals surface area contributed by atoms with E-state index in [1.54, 1.807) is 0 Å². The van der Waals surface area contributed by atoms with Gasteiger partial charge in [-0.25, -0.2) is 0 Å². The SMILES string of the molecule is CC12CC3CC(C1)CC(C(N)=NN)(C3)C2. The third-order valence-electron chi connectivity index (χ3n) is 5.04. The number of hydrogen-bond acceptors (Lipinski definition) is 2. The molecule has 2 unspecified atom stereocenters. The van der Waals surface area contributed by atoms with Gasteiger partial charge in [-0.2, -0.15) is 5.10 Å². The summed E-state index contributed by atoms with van der Waals surface area (Å²) in [5.41, 5.74) is 6.76. The Balaban J connectivity index is 1.99. The Bertz CT molecular complexity index is 307. The summed E-state index contributed by atoms with van der Waals surface area (Å²) in [4.78, 5) is 0. The lowest BCUT2D eigenvalue weighted by molar-refractivity contribution is -0.0686. The Morgan fingerprint density at radius 3 is 2.27 bits per heavy atom. The maximum Gasteiger partial charge on any atom is 0.125 e. The van der Waals surface area contributed by atoms with Crippen molar-refractivity contribution in [2.75, 3.05) is 0 Å². The lowest BCUT2D eigenvalue weighted by Crippen LogP contribution is -2.56. The van der Waals surface area contributed by atoms with Crippen LogP contribution in [0.15, 0.2) is 5.10 Å². The molecule has 0 aromatic carbocycles. The first kappa shape index (κ1) is 9.49. The van der Waals surface area contributed by atoms with E-state index in [9.17, 15) is 0 Å². The van der Waals surface area contributed by atoms with Crippen LogP contribution in [0.4, 0.5) is 0 Å². The van der Waals surface area contributed by atoms with Gasteiger partial charge in [-0.15, -0.1) is 0 Å². The molecule has 0 radical (unpaired) electrons. The van der Waals surface area contributed by atoms with Gasteiger partial charge < -0.3 is 11.6 Å². The van der Waals surface area contributed by atoms with Crippen LogP contribution in [0.5, 0.6) is 0 Å². The van der Waals surface area contributed by atoms with Crippen LogP contribution in [-0.2, 0) is 0 Å². The molecule has 4 N–H and O–H groups in total. The van der Waals surface area contributed by atoms with Crippen molar-refractivity contribution in [1.29, 1.82) is 0 Å². The average molecular weight is 207 g/mol. The molecule has 0 heterocycles. The van der Waals surface area contributed by atoms with Gasteiger partial charge in [0.15, 0.2) is 0 Å². The van der Waals surface area contributed by atoms with E-state index in [-0.39, 0.29) is 5.41 Å². The molecule has 0 spiro atoms. The number of hydrogen-bond donors (Lipinski definition) is 2. The molecule has 4 aliphatic carbocycles. The summed E-state index contributed by atoms with van der Waals surface area (Å²) < 4.78 is 0. The number of rotatable bonds is 1. The third kappa shape index (κ3) is 1.21. The Kier molecular flexibility index (Phi) is 1.70. The molecule has 0 amide bonds. The Morgan fingerprint density at radius 2 is 1.80 bits per heavy atom. The van der Waals surface area contributed by atoms with Gasteiger partial charge >= 0.3 is 0 Å². The van der Waals surface area contributed by atoms with E-state index in [1.165, 1.54) is 38.5 Å². The van der Waals surface area contributed by atoms with Crippen molar-refractivity contribution in [3.8, 4) is 0 Å². The van der Waals surface area contributed by atoms with Crippen molar-refractivity contribution in [3.63, 3.8) is 0 Å². The number of hydrazone groups is 1. The van der Waals surface area contributed by atoms with Gasteiger partial charge in [0, 0.05) is 5.41 Å². The van der Waals surface area contributed by atoms with E-state index in [0.717, 1.165) is 17.7 Å². The second kappa shape index (κ2) is 2.69. The zero-order valence-electron chi connectivity index (χ0n) is 9.50. The molecule has 4 rings (SSSR count). The highest BCUT2D eigenvalue weighted by atomic mass is 15.2. The van der Waals surface area contributed by atoms with Gasteiger partial charge in [0.1, 0.15) is 5.84 Å². The maximum atomic E-state index is 6.06. The van der Waals surface area contributed by atoms with E-state index >= 15 is 0 Å². The van der Waals surface area contributed by atoms with E-state index in [4.69, 9.17) is 11.6 Å². The predicted molar refractivity (Wildman–Crippen MR) is 61.0 cm³/mol. The minimum absolute atomic E-state index is 0.174. The smallest absolute Gasteiger partial charge is 0.125 e. The normalized spacial score (nSPS) is 53.5. The fraction of sp³-hybridized carbons (Fsp3) is 0.917. The molecule has 0 aliphatic heterocycles. The molecular weight excluding hydrogens is 186 g/mol. The van der Waals surface area contributed by atoms with Gasteiger partial charge in [-0.3, -0.25) is 0 Å². The zero-order chi connectivity index (χ0) is 10.7. The lowest BCUT2D eigenvalue weighted by atomic mass is 9.44. The second-order valence-corrected chi connectivity index (χ2v) is 6.57. The Hall–Kier alpha value is -0.730. The molecule has 3 nitrogen and oxygen atoms in total. The highest BCUT2D eigenvalue weighted by molar-refractivity contribution is 5.86. The topological polar surface area (TPSA) is 64.4 Å². The fourth-order valence-corrected chi connectivity index (χ4v) is 5.16. The lowest BCUT2D eigenvalue weighted by Gasteiger charge is -2.60. The Labute approximate surface area is 91.3 Å². The molecule has 4 aliphatic rings. The van der Waals surface area contributed by atoms with Crippen molar-refractivity contribution in [1.82, 2.24) is 0 Å². The summed E-state index contributed by atoms with van der Waals surface area (Å²) in [6.07, 6.45) is 7.94. The average Bonchev–Trinajstić information content (AvgIpc) is 2.12. The van der Waals surface area contributed by atoms with Crippen LogP contribution < -0.4 is 11.6 Å². The van der Waals surface area contributed by atoms with E-state index in [0.29, 0.717) is 5.41 Å². The second-order valence-electron chi connectivity index (χ2n) is 6.57. The van der Waals surface area contributed by atoms with Crippen LogP contribution in [0.25, 0.3) is 0 Å². The first-order valence-corrected chi connectivity index (χ1v) is 6.09. The summed E-state index contributed by atoms with van der Waals surface area (Å²) in [7, 11) is 0. The molecule has 15 heavy (non-hydrogen) atoms. The van der Waals surface area contributed by atoms with Crippen molar-refractivity contribution in [3.05, 3.63) is 0 Å². The Morgan fingerprint density at radius 1 is 1.20 bits per heavy atom. The van der Waals surface area contributed by atoms with Crippen molar-refractivity contribution in [2.45, 2.75) is 45.4 Å². The van der Waals surface area contributed by atoms with Crippen LogP contribution in [-0.4, -0.2) is 5.84 Å². The van der Waals surface area contributed by atoms with Gasteiger partial charge in [0.2, 0.25) is 0 Å². The zero-order valence-corrected chi connectivity index (χ0v) is 9.50. The minimum atomic E-state index is 0.174. The van der Waals surface area contributed by atoms with Gasteiger partial charge in [0.25, 0.3) is 0 Å². The van der Waals surface area contributed by atoms with Crippen molar-refractivity contribution >= 4 is 5.84 Å². The molecule has 3 heteroatoms. The summed E-state index contributed by atoms with van der Waals surface area (Å²) >= 11 is 0. The summed E-state index contributed by atoms with van der Waals surface area (Å²) in [5, 5.41) is 3.80. The van der Waals surface area contributed by atoms with Crippen LogP contribution >= 0.6 is 0 Å². The highest BCUT2D eigenvalue weighted by Crippen LogP contribution is 2.65. The first-order chi connectivity index (χ1) is 7.05. The fourth-order valence-electron chi connectivity index (χ4n) is 5.16. The molecule has 0 saturated heterocycles. The number of nitrogens with two attached hydrogens (primary N) is 2. The third-order valence-corrected chi connectivity index (χ3v) is 5.04. The molecule has 84 valence electrons. The quantitative estimate of drug-likeness (QED) is 0.298. The largest absolute Gasteiger partial charge is 0.385 e. The van der Waals surface area contributed by atoms with E-state index in [1.807, 2.05) is 0 Å². The van der Waals surface area contributed by atoms with Crippen LogP contribution in [0, 0.1) is 22.7 Å². The molecule has 0 aromatic heterocycles. The predicted octanol–water partition coefficient (Wildman–Crippen LogP) is 1.82. The van der Waals surface area contributed by atoms with E-state index < -0.39 is 0 Å². The molecular formula is C12H21N3. The van der Waals surface area contributed by atoms with Gasteiger partial charge in [-0.05, 0) is 55.8 Å². The summed E-state index contributed by atoms with van der Waals surface area (Å²) in [6, 6.07) is 0. The van der Waals surface area contributed by atoms with Crippen molar-refractivity contribution < 1.29 is 0 Å². The molecule has 4 bridgehead atoms. The van der Waals surface area contributed by atoms with E-state index in [2.05, 4.69) is 12.0 Å². The highest BCUT2D eigenvalue weighted by Gasteiger charge is 2.57. The molecule has 4 saturated carbocycles. The monoisotopic (exact) mass is 207 g/mol. The van der Waals surface area contributed by atoms with Gasteiger partial charge in [0.05, 0.1) is 0 Å². The summed E-state index contributed by atoms with van der Waals surface area (Å²) in [5.74, 6) is 7.90. The molecule has 0 aromatic rings.